The number of nitrogens with zero attached hydrogens (tertiary/aromatic N) is 1. The standard InChI is InChI=1S/C13H25N3O2S2/c1-4-14-7-5-8-16(3)20(17,18)15-12(2)10-13-6-9-19-11-13/h6,9,11-12,14-15H,4-5,7-8,10H2,1-3H3. The summed E-state index contributed by atoms with van der Waals surface area (Å²) in [6.07, 6.45) is 1.53. The summed E-state index contributed by atoms with van der Waals surface area (Å²) in [5.41, 5.74) is 1.17. The van der Waals surface area contributed by atoms with E-state index in [2.05, 4.69) is 10.0 Å². The first-order chi connectivity index (χ1) is 9.45. The van der Waals surface area contributed by atoms with Crippen LogP contribution in [0.5, 0.6) is 0 Å². The molecular formula is C13H25N3O2S2. The Morgan fingerprint density at radius 2 is 2.20 bits per heavy atom. The fourth-order valence-electron chi connectivity index (χ4n) is 1.87. The van der Waals surface area contributed by atoms with E-state index in [1.807, 2.05) is 30.7 Å². The van der Waals surface area contributed by atoms with Gasteiger partial charge in [-0.2, -0.15) is 28.8 Å². The van der Waals surface area contributed by atoms with Gasteiger partial charge in [0.15, 0.2) is 0 Å². The molecule has 20 heavy (non-hydrogen) atoms. The molecule has 0 saturated heterocycles. The Morgan fingerprint density at radius 3 is 2.80 bits per heavy atom. The Kier molecular flexibility index (Phi) is 7.68. The van der Waals surface area contributed by atoms with Crippen LogP contribution in [0.1, 0.15) is 25.8 Å². The minimum atomic E-state index is -3.39. The molecule has 0 bridgehead atoms. The smallest absolute Gasteiger partial charge is 0.279 e. The maximum Gasteiger partial charge on any atom is 0.279 e. The molecule has 116 valence electrons. The van der Waals surface area contributed by atoms with Crippen molar-refractivity contribution < 1.29 is 8.42 Å². The lowest BCUT2D eigenvalue weighted by molar-refractivity contribution is 0.438. The van der Waals surface area contributed by atoms with Crippen LogP contribution in [-0.2, 0) is 16.6 Å². The Balaban J connectivity index is 2.39. The van der Waals surface area contributed by atoms with Gasteiger partial charge in [-0.3, -0.25) is 0 Å². The second-order valence-corrected chi connectivity index (χ2v) is 7.48. The highest BCUT2D eigenvalue weighted by molar-refractivity contribution is 7.87. The minimum Gasteiger partial charge on any atom is -0.317 e. The van der Waals surface area contributed by atoms with E-state index < -0.39 is 10.2 Å². The van der Waals surface area contributed by atoms with Gasteiger partial charge < -0.3 is 5.32 Å². The van der Waals surface area contributed by atoms with Crippen molar-refractivity contribution in [3.05, 3.63) is 22.4 Å². The van der Waals surface area contributed by atoms with Crippen molar-refractivity contribution in [3.8, 4) is 0 Å². The van der Waals surface area contributed by atoms with Gasteiger partial charge in [-0.15, -0.1) is 0 Å². The monoisotopic (exact) mass is 319 g/mol. The molecule has 1 atom stereocenters. The van der Waals surface area contributed by atoms with E-state index >= 15 is 0 Å². The van der Waals surface area contributed by atoms with Crippen molar-refractivity contribution in [2.45, 2.75) is 32.7 Å². The Bertz CT molecular complexity index is 460. The van der Waals surface area contributed by atoms with Crippen molar-refractivity contribution in [1.29, 1.82) is 0 Å². The molecule has 0 radical (unpaired) electrons. The normalized spacial score (nSPS) is 13.8. The fourth-order valence-corrected chi connectivity index (χ4v) is 3.69. The zero-order valence-electron chi connectivity index (χ0n) is 12.4. The molecule has 1 aromatic rings. The minimum absolute atomic E-state index is 0.106. The van der Waals surface area contributed by atoms with Gasteiger partial charge in [-0.05, 0) is 55.2 Å². The molecule has 0 saturated carbocycles. The topological polar surface area (TPSA) is 61.4 Å². The highest BCUT2D eigenvalue weighted by Gasteiger charge is 2.19. The number of rotatable bonds is 10. The molecule has 1 heterocycles. The van der Waals surface area contributed by atoms with Gasteiger partial charge in [0.05, 0.1) is 0 Å². The fraction of sp³-hybridized carbons (Fsp3) is 0.692. The van der Waals surface area contributed by atoms with Crippen LogP contribution in [0.25, 0.3) is 0 Å². The summed E-state index contributed by atoms with van der Waals surface area (Å²) in [6.45, 7) is 6.19. The molecule has 1 unspecified atom stereocenters. The van der Waals surface area contributed by atoms with Crippen molar-refractivity contribution in [1.82, 2.24) is 14.3 Å². The third-order valence-corrected chi connectivity index (χ3v) is 5.39. The molecule has 1 rings (SSSR count). The molecule has 0 amide bonds. The van der Waals surface area contributed by atoms with Crippen LogP contribution in [0.3, 0.4) is 0 Å². The summed E-state index contributed by atoms with van der Waals surface area (Å²) in [5.74, 6) is 0. The van der Waals surface area contributed by atoms with E-state index in [4.69, 9.17) is 0 Å². The molecule has 0 fully saturated rings. The molecule has 0 aliphatic heterocycles. The van der Waals surface area contributed by atoms with Crippen LogP contribution in [0.15, 0.2) is 16.8 Å². The quantitative estimate of drug-likeness (QED) is 0.642. The Labute approximate surface area is 126 Å². The number of thiophene rings is 1. The highest BCUT2D eigenvalue weighted by Crippen LogP contribution is 2.09. The molecule has 0 aliphatic rings. The first-order valence-electron chi connectivity index (χ1n) is 6.91. The van der Waals surface area contributed by atoms with Crippen molar-refractivity contribution >= 4 is 21.5 Å². The highest BCUT2D eigenvalue weighted by atomic mass is 32.2. The van der Waals surface area contributed by atoms with Crippen molar-refractivity contribution in [3.63, 3.8) is 0 Å². The molecule has 0 aromatic carbocycles. The van der Waals surface area contributed by atoms with E-state index in [9.17, 15) is 8.42 Å². The molecule has 0 aliphatic carbocycles. The van der Waals surface area contributed by atoms with Crippen LogP contribution in [0.2, 0.25) is 0 Å². The van der Waals surface area contributed by atoms with E-state index in [1.165, 1.54) is 9.87 Å². The SMILES string of the molecule is CCNCCCN(C)S(=O)(=O)NC(C)Cc1ccsc1. The predicted molar refractivity (Wildman–Crippen MR) is 85.3 cm³/mol. The number of hydrogen-bond donors (Lipinski definition) is 2. The zero-order valence-corrected chi connectivity index (χ0v) is 14.1. The lowest BCUT2D eigenvalue weighted by Crippen LogP contribution is -2.44. The van der Waals surface area contributed by atoms with E-state index in [0.717, 1.165) is 19.5 Å². The van der Waals surface area contributed by atoms with Gasteiger partial charge in [-0.25, -0.2) is 0 Å². The molecule has 7 heteroatoms. The van der Waals surface area contributed by atoms with Crippen molar-refractivity contribution in [2.24, 2.45) is 0 Å². The van der Waals surface area contributed by atoms with Crippen LogP contribution in [0, 0.1) is 0 Å². The van der Waals surface area contributed by atoms with Gasteiger partial charge in [0.25, 0.3) is 10.2 Å². The lowest BCUT2D eigenvalue weighted by Gasteiger charge is -2.21. The number of nitrogens with one attached hydrogen (secondary N) is 2. The average molecular weight is 319 g/mol. The predicted octanol–water partition coefficient (Wildman–Crippen LogP) is 1.44. The largest absolute Gasteiger partial charge is 0.317 e. The summed E-state index contributed by atoms with van der Waals surface area (Å²) < 4.78 is 28.4. The van der Waals surface area contributed by atoms with Gasteiger partial charge in [0.2, 0.25) is 0 Å². The van der Waals surface area contributed by atoms with Crippen LogP contribution in [0.4, 0.5) is 0 Å². The third kappa shape index (κ3) is 6.32. The van der Waals surface area contributed by atoms with Gasteiger partial charge in [-0.1, -0.05) is 6.92 Å². The summed E-state index contributed by atoms with van der Waals surface area (Å²) in [4.78, 5) is 0. The Hall–Kier alpha value is -0.470. The van der Waals surface area contributed by atoms with Crippen molar-refractivity contribution in [2.75, 3.05) is 26.7 Å². The molecule has 5 nitrogen and oxygen atoms in total. The molecular weight excluding hydrogens is 294 g/mol. The third-order valence-electron chi connectivity index (χ3n) is 2.96. The van der Waals surface area contributed by atoms with Gasteiger partial charge >= 0.3 is 0 Å². The first kappa shape index (κ1) is 17.6. The van der Waals surface area contributed by atoms with Crippen LogP contribution >= 0.6 is 11.3 Å². The second kappa shape index (κ2) is 8.74. The lowest BCUT2D eigenvalue weighted by atomic mass is 10.1. The maximum absolute atomic E-state index is 12.1. The molecule has 2 N–H and O–H groups in total. The number of hydrogen-bond acceptors (Lipinski definition) is 4. The summed E-state index contributed by atoms with van der Waals surface area (Å²) in [6, 6.07) is 1.92. The summed E-state index contributed by atoms with van der Waals surface area (Å²) in [7, 11) is -1.77. The summed E-state index contributed by atoms with van der Waals surface area (Å²) >= 11 is 1.63. The van der Waals surface area contributed by atoms with Crippen LogP contribution < -0.4 is 10.0 Å². The Morgan fingerprint density at radius 1 is 1.45 bits per heavy atom. The van der Waals surface area contributed by atoms with Crippen LogP contribution in [-0.4, -0.2) is 45.4 Å². The zero-order chi connectivity index (χ0) is 15.0. The first-order valence-corrected chi connectivity index (χ1v) is 9.29. The average Bonchev–Trinajstić information content (AvgIpc) is 2.86. The van der Waals surface area contributed by atoms with E-state index in [-0.39, 0.29) is 6.04 Å². The van der Waals surface area contributed by atoms with E-state index in [1.54, 1.807) is 18.4 Å². The van der Waals surface area contributed by atoms with E-state index in [0.29, 0.717) is 13.0 Å². The molecule has 0 spiro atoms. The van der Waals surface area contributed by atoms with Gasteiger partial charge in [0, 0.05) is 19.6 Å². The summed E-state index contributed by atoms with van der Waals surface area (Å²) in [5, 5.41) is 7.23. The molecule has 1 aromatic heterocycles. The second-order valence-electron chi connectivity index (χ2n) is 4.89. The van der Waals surface area contributed by atoms with Gasteiger partial charge in [0.1, 0.15) is 0 Å². The maximum atomic E-state index is 12.1.